The Morgan fingerprint density at radius 2 is 1.69 bits per heavy atom. The zero-order valence-electron chi connectivity index (χ0n) is 15.1. The van der Waals surface area contributed by atoms with Crippen molar-refractivity contribution in [1.29, 1.82) is 0 Å². The highest BCUT2D eigenvalue weighted by atomic mass is 16.5. The van der Waals surface area contributed by atoms with E-state index in [9.17, 15) is 9.59 Å². The fourth-order valence-corrected chi connectivity index (χ4v) is 2.82. The van der Waals surface area contributed by atoms with Crippen molar-refractivity contribution < 1.29 is 19.4 Å². The van der Waals surface area contributed by atoms with Gasteiger partial charge in [0.15, 0.2) is 6.61 Å². The van der Waals surface area contributed by atoms with Crippen LogP contribution in [0.15, 0.2) is 54.6 Å². The molecule has 0 heterocycles. The number of benzene rings is 2. The van der Waals surface area contributed by atoms with Crippen LogP contribution >= 0.6 is 0 Å². The molecule has 0 aromatic heterocycles. The Bertz CT molecular complexity index is 713. The Morgan fingerprint density at radius 1 is 1.04 bits per heavy atom. The van der Waals surface area contributed by atoms with Gasteiger partial charge < -0.3 is 15.2 Å². The first-order valence-electron chi connectivity index (χ1n) is 8.81. The summed E-state index contributed by atoms with van der Waals surface area (Å²) in [5, 5.41) is 11.7. The molecule has 26 heavy (non-hydrogen) atoms. The number of nitrogens with one attached hydrogen (secondary N) is 1. The Hall–Kier alpha value is -2.82. The molecule has 0 aliphatic carbocycles. The molecule has 2 atom stereocenters. The summed E-state index contributed by atoms with van der Waals surface area (Å²) in [5.74, 6) is -0.681. The van der Waals surface area contributed by atoms with E-state index in [1.807, 2.05) is 49.4 Å². The molecule has 2 N–H and O–H groups in total. The van der Waals surface area contributed by atoms with Crippen molar-refractivity contribution in [1.82, 2.24) is 5.32 Å². The number of amides is 1. The van der Waals surface area contributed by atoms with Crippen molar-refractivity contribution in [2.24, 2.45) is 0 Å². The lowest BCUT2D eigenvalue weighted by Crippen LogP contribution is -2.31. The van der Waals surface area contributed by atoms with Crippen LogP contribution in [0.3, 0.4) is 0 Å². The Labute approximate surface area is 154 Å². The second-order valence-corrected chi connectivity index (χ2v) is 6.23. The van der Waals surface area contributed by atoms with Crippen molar-refractivity contribution >= 4 is 11.9 Å². The summed E-state index contributed by atoms with van der Waals surface area (Å²) in [6.07, 6.45) is 1.72. The molecule has 0 aliphatic heterocycles. The molecule has 0 saturated heterocycles. The van der Waals surface area contributed by atoms with Gasteiger partial charge >= 0.3 is 5.97 Å². The predicted octanol–water partition coefficient (Wildman–Crippen LogP) is 3.91. The molecule has 2 aromatic carbocycles. The molecule has 2 unspecified atom stereocenters. The minimum atomic E-state index is -1.02. The van der Waals surface area contributed by atoms with Crippen molar-refractivity contribution in [3.63, 3.8) is 0 Å². The number of ether oxygens (including phenoxy) is 1. The molecule has 0 fully saturated rings. The van der Waals surface area contributed by atoms with Gasteiger partial charge in [-0.3, -0.25) is 4.79 Å². The molecule has 0 aliphatic rings. The van der Waals surface area contributed by atoms with Crippen LogP contribution in [-0.4, -0.2) is 23.6 Å². The molecular formula is C21H25NO4. The Morgan fingerprint density at radius 3 is 2.27 bits per heavy atom. The van der Waals surface area contributed by atoms with E-state index in [0.29, 0.717) is 5.75 Å². The van der Waals surface area contributed by atoms with E-state index in [0.717, 1.165) is 24.0 Å². The first-order valence-corrected chi connectivity index (χ1v) is 8.81. The van der Waals surface area contributed by atoms with Gasteiger partial charge in [-0.1, -0.05) is 55.8 Å². The highest BCUT2D eigenvalue weighted by molar-refractivity contribution is 5.84. The van der Waals surface area contributed by atoms with Crippen LogP contribution in [0.5, 0.6) is 5.75 Å². The third kappa shape index (κ3) is 5.62. The van der Waals surface area contributed by atoms with Gasteiger partial charge in [-0.05, 0) is 36.6 Å². The Balaban J connectivity index is 2.01. The lowest BCUT2D eigenvalue weighted by molar-refractivity contribution is -0.139. The predicted molar refractivity (Wildman–Crippen MR) is 100 cm³/mol. The minimum Gasteiger partial charge on any atom is -0.482 e. The fraction of sp³-hybridized carbons (Fsp3) is 0.333. The van der Waals surface area contributed by atoms with Gasteiger partial charge in [0.25, 0.3) is 0 Å². The summed E-state index contributed by atoms with van der Waals surface area (Å²) >= 11 is 0. The van der Waals surface area contributed by atoms with Crippen LogP contribution in [0.25, 0.3) is 0 Å². The minimum absolute atomic E-state index is 0.0109. The molecule has 2 rings (SSSR count). The third-order valence-corrected chi connectivity index (χ3v) is 4.20. The molecular weight excluding hydrogens is 330 g/mol. The van der Waals surface area contributed by atoms with Gasteiger partial charge in [-0.15, -0.1) is 0 Å². The van der Waals surface area contributed by atoms with Crippen LogP contribution in [0, 0.1) is 0 Å². The van der Waals surface area contributed by atoms with E-state index in [4.69, 9.17) is 9.84 Å². The quantitative estimate of drug-likeness (QED) is 0.715. The summed E-state index contributed by atoms with van der Waals surface area (Å²) in [6, 6.07) is 16.7. The van der Waals surface area contributed by atoms with Crippen LogP contribution in [0.4, 0.5) is 0 Å². The maximum absolute atomic E-state index is 12.8. The number of aliphatic carboxylic acids is 1. The number of carbonyl (C=O) groups is 2. The number of rotatable bonds is 9. The van der Waals surface area contributed by atoms with E-state index in [1.54, 1.807) is 12.1 Å². The van der Waals surface area contributed by atoms with E-state index in [2.05, 4.69) is 12.2 Å². The summed E-state index contributed by atoms with van der Waals surface area (Å²) < 4.78 is 5.12. The second kappa shape index (κ2) is 9.61. The average Bonchev–Trinajstić information content (AvgIpc) is 2.65. The van der Waals surface area contributed by atoms with Gasteiger partial charge in [0.05, 0.1) is 12.0 Å². The van der Waals surface area contributed by atoms with E-state index < -0.39 is 5.97 Å². The first kappa shape index (κ1) is 19.5. The average molecular weight is 355 g/mol. The van der Waals surface area contributed by atoms with Crippen molar-refractivity contribution in [3.05, 3.63) is 65.7 Å². The third-order valence-electron chi connectivity index (χ3n) is 4.20. The van der Waals surface area contributed by atoms with Crippen LogP contribution < -0.4 is 10.1 Å². The van der Waals surface area contributed by atoms with Gasteiger partial charge in [-0.25, -0.2) is 4.79 Å². The molecule has 0 radical (unpaired) electrons. The van der Waals surface area contributed by atoms with Gasteiger partial charge in [0.1, 0.15) is 5.75 Å². The fourth-order valence-electron chi connectivity index (χ4n) is 2.82. The first-order chi connectivity index (χ1) is 12.5. The second-order valence-electron chi connectivity index (χ2n) is 6.23. The number of hydrogen-bond acceptors (Lipinski definition) is 3. The number of hydrogen-bond donors (Lipinski definition) is 2. The normalized spacial score (nSPS) is 12.8. The molecule has 1 amide bonds. The topological polar surface area (TPSA) is 75.6 Å². The molecule has 5 heteroatoms. The zero-order valence-corrected chi connectivity index (χ0v) is 15.1. The lowest BCUT2D eigenvalue weighted by atomic mass is 9.93. The number of carboxylic acids is 1. The SMILES string of the molecule is CCCC(C(=O)NC(C)c1ccc(OCC(=O)O)cc1)c1ccccc1. The monoisotopic (exact) mass is 355 g/mol. The molecule has 0 saturated carbocycles. The van der Waals surface area contributed by atoms with Gasteiger partial charge in [0.2, 0.25) is 5.91 Å². The van der Waals surface area contributed by atoms with Crippen LogP contribution in [0.2, 0.25) is 0 Å². The smallest absolute Gasteiger partial charge is 0.341 e. The molecule has 5 nitrogen and oxygen atoms in total. The van der Waals surface area contributed by atoms with Crippen molar-refractivity contribution in [2.75, 3.05) is 6.61 Å². The van der Waals surface area contributed by atoms with Gasteiger partial charge in [-0.2, -0.15) is 0 Å². The van der Waals surface area contributed by atoms with E-state index in [1.165, 1.54) is 0 Å². The van der Waals surface area contributed by atoms with Gasteiger partial charge in [0, 0.05) is 0 Å². The lowest BCUT2D eigenvalue weighted by Gasteiger charge is -2.21. The number of carboxylic acid groups (broad SMARTS) is 1. The summed E-state index contributed by atoms with van der Waals surface area (Å²) in [6.45, 7) is 3.63. The van der Waals surface area contributed by atoms with E-state index in [-0.39, 0.29) is 24.5 Å². The summed E-state index contributed by atoms with van der Waals surface area (Å²) in [5.41, 5.74) is 1.96. The van der Waals surface area contributed by atoms with E-state index >= 15 is 0 Å². The zero-order chi connectivity index (χ0) is 18.9. The van der Waals surface area contributed by atoms with Crippen molar-refractivity contribution in [2.45, 2.75) is 38.6 Å². The molecule has 0 spiro atoms. The summed E-state index contributed by atoms with van der Waals surface area (Å²) in [4.78, 5) is 23.3. The summed E-state index contributed by atoms with van der Waals surface area (Å²) in [7, 11) is 0. The number of carbonyl (C=O) groups excluding carboxylic acids is 1. The molecule has 138 valence electrons. The largest absolute Gasteiger partial charge is 0.482 e. The standard InChI is InChI=1S/C21H25NO4/c1-3-7-19(17-8-5-4-6-9-17)21(25)22-15(2)16-10-12-18(13-11-16)26-14-20(23)24/h4-6,8-13,15,19H,3,7,14H2,1-2H3,(H,22,25)(H,23,24). The van der Waals surface area contributed by atoms with Crippen LogP contribution in [0.1, 0.15) is 49.8 Å². The van der Waals surface area contributed by atoms with Crippen molar-refractivity contribution in [3.8, 4) is 5.75 Å². The molecule has 2 aromatic rings. The highest BCUT2D eigenvalue weighted by Crippen LogP contribution is 2.24. The van der Waals surface area contributed by atoms with Crippen LogP contribution in [-0.2, 0) is 9.59 Å². The maximum atomic E-state index is 12.8. The maximum Gasteiger partial charge on any atom is 0.341 e. The highest BCUT2D eigenvalue weighted by Gasteiger charge is 2.21. The Kier molecular flexibility index (Phi) is 7.21. The molecule has 0 bridgehead atoms.